The first-order valence-corrected chi connectivity index (χ1v) is 11.5. The largest absolute Gasteiger partial charge is 0.320 e. The highest BCUT2D eigenvalue weighted by Crippen LogP contribution is 2.65. The van der Waals surface area contributed by atoms with Gasteiger partial charge in [0, 0.05) is 30.2 Å². The highest BCUT2D eigenvalue weighted by molar-refractivity contribution is 5.84. The van der Waals surface area contributed by atoms with Crippen LogP contribution in [-0.4, -0.2) is 10.4 Å². The first-order valence-electron chi connectivity index (χ1n) is 11.5. The summed E-state index contributed by atoms with van der Waals surface area (Å²) in [7, 11) is 0. The van der Waals surface area contributed by atoms with E-state index in [0.717, 1.165) is 37.0 Å². The summed E-state index contributed by atoms with van der Waals surface area (Å²) in [6.07, 6.45) is 14.9. The van der Waals surface area contributed by atoms with E-state index in [1.54, 1.807) is 0 Å². The highest BCUT2D eigenvalue weighted by atomic mass is 16.1. The molecule has 6 rings (SSSR count). The predicted molar refractivity (Wildman–Crippen MR) is 118 cm³/mol. The van der Waals surface area contributed by atoms with E-state index in [1.165, 1.54) is 47.9 Å². The number of para-hydroxylation sites is 1. The summed E-state index contributed by atoms with van der Waals surface area (Å²) in [4.78, 5) is 12.1. The zero-order chi connectivity index (χ0) is 19.8. The maximum atomic E-state index is 12.1. The van der Waals surface area contributed by atoms with Crippen LogP contribution in [0.5, 0.6) is 0 Å². The molecule has 0 N–H and O–H groups in total. The Kier molecular flexibility index (Phi) is 3.65. The molecule has 1 aromatic heterocycles. The van der Waals surface area contributed by atoms with E-state index in [2.05, 4.69) is 67.1 Å². The van der Waals surface area contributed by atoms with Crippen molar-refractivity contribution in [2.75, 3.05) is 0 Å². The van der Waals surface area contributed by atoms with Gasteiger partial charge in [0.15, 0.2) is 0 Å². The number of ketones is 1. The third kappa shape index (κ3) is 2.32. The van der Waals surface area contributed by atoms with Crippen LogP contribution in [0.1, 0.15) is 58.8 Å². The van der Waals surface area contributed by atoms with E-state index in [1.807, 2.05) is 0 Å². The Morgan fingerprint density at radius 1 is 0.966 bits per heavy atom. The van der Waals surface area contributed by atoms with Gasteiger partial charge < -0.3 is 4.57 Å². The van der Waals surface area contributed by atoms with E-state index in [4.69, 9.17) is 0 Å². The molecule has 2 heteroatoms. The number of rotatable bonds is 1. The molecule has 3 unspecified atom stereocenters. The first-order chi connectivity index (χ1) is 14.0. The summed E-state index contributed by atoms with van der Waals surface area (Å²) in [5.74, 6) is 2.69. The number of carbonyl (C=O) groups is 1. The van der Waals surface area contributed by atoms with Crippen LogP contribution in [0.25, 0.3) is 16.6 Å². The molecular weight excluding hydrogens is 354 g/mol. The number of carbonyl (C=O) groups excluding carboxylic acids is 1. The smallest absolute Gasteiger partial charge is 0.136 e. The highest BCUT2D eigenvalue weighted by Gasteiger charge is 2.57. The Morgan fingerprint density at radius 2 is 1.83 bits per heavy atom. The molecule has 150 valence electrons. The zero-order valence-electron chi connectivity index (χ0n) is 17.7. The van der Waals surface area contributed by atoms with Gasteiger partial charge in [-0.15, -0.1) is 0 Å². The number of hydrogen-bond donors (Lipinski definition) is 0. The Labute approximate surface area is 173 Å². The van der Waals surface area contributed by atoms with Crippen LogP contribution in [0.15, 0.2) is 54.3 Å². The molecule has 2 saturated carbocycles. The molecule has 0 aliphatic heterocycles. The minimum atomic E-state index is 0.259. The van der Waals surface area contributed by atoms with Crippen LogP contribution in [0.4, 0.5) is 0 Å². The number of Topliss-reactive ketones (excluding diaryl/α,β-unsaturated/α-hetero) is 1. The average molecular weight is 386 g/mol. The molecule has 2 fully saturated rings. The molecule has 0 amide bonds. The summed E-state index contributed by atoms with van der Waals surface area (Å²) in [6, 6.07) is 11.0. The second kappa shape index (κ2) is 5.97. The van der Waals surface area contributed by atoms with Gasteiger partial charge in [-0.3, -0.25) is 4.79 Å². The number of benzene rings is 1. The monoisotopic (exact) mass is 385 g/mol. The Morgan fingerprint density at radius 3 is 2.72 bits per heavy atom. The van der Waals surface area contributed by atoms with Crippen LogP contribution < -0.4 is 0 Å². The van der Waals surface area contributed by atoms with E-state index in [0.29, 0.717) is 5.78 Å². The number of fused-ring (bicyclic) bond motifs is 6. The van der Waals surface area contributed by atoms with E-state index in [9.17, 15) is 4.79 Å². The molecule has 5 atom stereocenters. The third-order valence-electron chi connectivity index (χ3n) is 9.34. The topological polar surface area (TPSA) is 22.0 Å². The Bertz CT molecular complexity index is 1070. The lowest BCUT2D eigenvalue weighted by atomic mass is 9.48. The first kappa shape index (κ1) is 17.7. The van der Waals surface area contributed by atoms with E-state index < -0.39 is 0 Å². The van der Waals surface area contributed by atoms with Crippen molar-refractivity contribution < 1.29 is 4.79 Å². The van der Waals surface area contributed by atoms with Gasteiger partial charge in [-0.1, -0.05) is 49.8 Å². The van der Waals surface area contributed by atoms with Crippen molar-refractivity contribution in [3.63, 3.8) is 0 Å². The minimum absolute atomic E-state index is 0.259. The van der Waals surface area contributed by atoms with Gasteiger partial charge in [-0.25, -0.2) is 0 Å². The molecule has 2 aromatic rings. The number of hydrogen-bond acceptors (Lipinski definition) is 1. The predicted octanol–water partition coefficient (Wildman–Crippen LogP) is 6.62. The summed E-state index contributed by atoms with van der Waals surface area (Å²) in [5.41, 5.74) is 4.87. The second-order valence-electron chi connectivity index (χ2n) is 10.5. The Balaban J connectivity index is 1.37. The molecule has 0 radical (unpaired) electrons. The molecule has 29 heavy (non-hydrogen) atoms. The van der Waals surface area contributed by atoms with Gasteiger partial charge >= 0.3 is 0 Å². The van der Waals surface area contributed by atoms with Crippen molar-refractivity contribution in [3.05, 3.63) is 54.3 Å². The summed E-state index contributed by atoms with van der Waals surface area (Å²) in [6.45, 7) is 5.01. The maximum absolute atomic E-state index is 12.1. The van der Waals surface area contributed by atoms with Crippen LogP contribution in [0.2, 0.25) is 0 Å². The van der Waals surface area contributed by atoms with Crippen molar-refractivity contribution in [2.45, 2.75) is 58.8 Å². The molecule has 0 bridgehead atoms. The van der Waals surface area contributed by atoms with Gasteiger partial charge in [0.25, 0.3) is 0 Å². The molecule has 4 aliphatic carbocycles. The SMILES string of the molecule is C[C@]12CCC(=O)CC1=CCC1C2CC[C@]2(C)C(n3ccc4ccccc43)=CCC12. The molecule has 0 saturated heterocycles. The normalized spacial score (nSPS) is 38.8. The average Bonchev–Trinajstić information content (AvgIpc) is 3.29. The third-order valence-corrected chi connectivity index (χ3v) is 9.34. The van der Waals surface area contributed by atoms with Gasteiger partial charge in [0.1, 0.15) is 5.78 Å². The molecule has 2 nitrogen and oxygen atoms in total. The summed E-state index contributed by atoms with van der Waals surface area (Å²) in [5, 5.41) is 1.33. The fourth-order valence-corrected chi connectivity index (χ4v) is 7.69. The zero-order valence-corrected chi connectivity index (χ0v) is 17.7. The van der Waals surface area contributed by atoms with E-state index >= 15 is 0 Å². The molecule has 1 aromatic carbocycles. The van der Waals surface area contributed by atoms with Gasteiger partial charge in [0.05, 0.1) is 5.52 Å². The quantitative estimate of drug-likeness (QED) is 0.505. The molecule has 0 spiro atoms. The van der Waals surface area contributed by atoms with Gasteiger partial charge in [-0.2, -0.15) is 0 Å². The van der Waals surface area contributed by atoms with Gasteiger partial charge in [0.2, 0.25) is 0 Å². The van der Waals surface area contributed by atoms with Crippen molar-refractivity contribution in [1.29, 1.82) is 0 Å². The lowest BCUT2D eigenvalue weighted by Crippen LogP contribution is -2.49. The van der Waals surface area contributed by atoms with Gasteiger partial charge in [-0.05, 0) is 72.8 Å². The molecule has 4 aliphatic rings. The standard InChI is InChI=1S/C27H31NO/c1-26-14-11-20(29)17-19(26)7-8-21-22-9-10-25(27(22,2)15-12-23(21)26)28-16-13-18-5-3-4-6-24(18)28/h3-7,10,13,16,21-23H,8-9,11-12,14-15,17H2,1-2H3/t21?,22?,23?,26-,27-/m0/s1. The maximum Gasteiger partial charge on any atom is 0.136 e. The van der Waals surface area contributed by atoms with Crippen molar-refractivity contribution in [2.24, 2.45) is 28.6 Å². The number of nitrogens with zero attached hydrogens (tertiary/aromatic N) is 1. The van der Waals surface area contributed by atoms with Crippen LogP contribution in [0.3, 0.4) is 0 Å². The second-order valence-corrected chi connectivity index (χ2v) is 10.5. The lowest BCUT2D eigenvalue weighted by Gasteiger charge is -2.57. The Hall–Kier alpha value is -2.09. The van der Waals surface area contributed by atoms with Crippen molar-refractivity contribution >= 4 is 22.4 Å². The van der Waals surface area contributed by atoms with Crippen LogP contribution in [-0.2, 0) is 4.79 Å². The summed E-state index contributed by atoms with van der Waals surface area (Å²) >= 11 is 0. The number of aromatic nitrogens is 1. The fourth-order valence-electron chi connectivity index (χ4n) is 7.69. The van der Waals surface area contributed by atoms with Crippen molar-refractivity contribution in [1.82, 2.24) is 4.57 Å². The van der Waals surface area contributed by atoms with Crippen molar-refractivity contribution in [3.8, 4) is 0 Å². The lowest BCUT2D eigenvalue weighted by molar-refractivity contribution is -0.122. The van der Waals surface area contributed by atoms with Crippen LogP contribution >= 0.6 is 0 Å². The van der Waals surface area contributed by atoms with E-state index in [-0.39, 0.29) is 10.8 Å². The fraction of sp³-hybridized carbons (Fsp3) is 0.519. The molecule has 1 heterocycles. The molecular formula is C27H31NO. The minimum Gasteiger partial charge on any atom is -0.320 e. The number of allylic oxidation sites excluding steroid dienone is 4. The summed E-state index contributed by atoms with van der Waals surface area (Å²) < 4.78 is 2.47. The van der Waals surface area contributed by atoms with Crippen LogP contribution in [0, 0.1) is 28.6 Å².